The summed E-state index contributed by atoms with van der Waals surface area (Å²) in [5.74, 6) is -0.125. The lowest BCUT2D eigenvalue weighted by Gasteiger charge is -2.29. The van der Waals surface area contributed by atoms with Crippen molar-refractivity contribution < 1.29 is 23.5 Å². The highest BCUT2D eigenvalue weighted by molar-refractivity contribution is 5.82. The first kappa shape index (κ1) is 19.9. The van der Waals surface area contributed by atoms with Gasteiger partial charge in [0.05, 0.1) is 0 Å². The second-order valence-electron chi connectivity index (χ2n) is 7.29. The molecule has 0 bridgehead atoms. The van der Waals surface area contributed by atoms with Gasteiger partial charge in [0.1, 0.15) is 11.3 Å². The number of carbonyl (C=O) groups excluding carboxylic acids is 2. The normalized spacial score (nSPS) is 19.2. The average Bonchev–Trinajstić information content (AvgIpc) is 2.66. The molecular formula is C21H25NO6. The highest BCUT2D eigenvalue weighted by Gasteiger charge is 2.23. The second kappa shape index (κ2) is 8.91. The minimum atomic E-state index is -0.641. The molecule has 7 heteroatoms. The molecule has 7 nitrogen and oxygen atoms in total. The van der Waals surface area contributed by atoms with Gasteiger partial charge in [0, 0.05) is 23.6 Å². The monoisotopic (exact) mass is 387 g/mol. The number of ether oxygens (including phenoxy) is 2. The predicted octanol–water partition coefficient (Wildman–Crippen LogP) is 2.72. The van der Waals surface area contributed by atoms with Crippen molar-refractivity contribution in [1.29, 1.82) is 0 Å². The maximum atomic E-state index is 12.0. The summed E-state index contributed by atoms with van der Waals surface area (Å²) in [5.41, 5.74) is 0.743. The van der Waals surface area contributed by atoms with Crippen molar-refractivity contribution in [1.82, 2.24) is 5.32 Å². The molecule has 150 valence electrons. The van der Waals surface area contributed by atoms with Crippen molar-refractivity contribution in [2.45, 2.75) is 45.6 Å². The summed E-state index contributed by atoms with van der Waals surface area (Å²) < 4.78 is 15.5. The smallest absolute Gasteiger partial charge is 0.344 e. The Labute approximate surface area is 163 Å². The van der Waals surface area contributed by atoms with E-state index >= 15 is 0 Å². The van der Waals surface area contributed by atoms with Gasteiger partial charge in [0.25, 0.3) is 5.91 Å². The molecule has 1 heterocycles. The summed E-state index contributed by atoms with van der Waals surface area (Å²) in [6.07, 6.45) is 4.36. The quantitative estimate of drug-likeness (QED) is 0.605. The molecule has 28 heavy (non-hydrogen) atoms. The largest absolute Gasteiger partial charge is 0.482 e. The SMILES string of the molecule is Cc1cc(=O)oc2cc(OCC(=O)OCC(=O)N[C@H]3CCCC[C@@H]3C)ccc12. The fourth-order valence-corrected chi connectivity index (χ4v) is 3.50. The van der Waals surface area contributed by atoms with E-state index in [0.717, 1.165) is 30.2 Å². The van der Waals surface area contributed by atoms with Crippen LogP contribution in [0.2, 0.25) is 0 Å². The van der Waals surface area contributed by atoms with Gasteiger partial charge in [-0.05, 0) is 43.4 Å². The number of carbonyl (C=O) groups is 2. The van der Waals surface area contributed by atoms with Crippen LogP contribution in [0.1, 0.15) is 38.2 Å². The number of amides is 1. The zero-order valence-electron chi connectivity index (χ0n) is 16.2. The molecule has 0 unspecified atom stereocenters. The third kappa shape index (κ3) is 5.12. The number of fused-ring (bicyclic) bond motifs is 1. The fourth-order valence-electron chi connectivity index (χ4n) is 3.50. The van der Waals surface area contributed by atoms with Crippen molar-refractivity contribution in [3.8, 4) is 5.75 Å². The first-order valence-electron chi connectivity index (χ1n) is 9.54. The third-order valence-electron chi connectivity index (χ3n) is 5.10. The molecule has 1 aromatic heterocycles. The maximum absolute atomic E-state index is 12.0. The van der Waals surface area contributed by atoms with Crippen LogP contribution in [0, 0.1) is 12.8 Å². The summed E-state index contributed by atoms with van der Waals surface area (Å²) in [6.45, 7) is 3.28. The molecule has 0 spiro atoms. The van der Waals surface area contributed by atoms with E-state index in [1.165, 1.54) is 12.5 Å². The van der Waals surface area contributed by atoms with E-state index in [1.54, 1.807) is 18.2 Å². The van der Waals surface area contributed by atoms with Crippen LogP contribution in [0.15, 0.2) is 33.5 Å². The van der Waals surface area contributed by atoms with Crippen LogP contribution in [0.5, 0.6) is 5.75 Å². The second-order valence-corrected chi connectivity index (χ2v) is 7.29. The Hall–Kier alpha value is -2.83. The number of nitrogens with one attached hydrogen (secondary N) is 1. The van der Waals surface area contributed by atoms with E-state index in [1.807, 2.05) is 6.92 Å². The summed E-state index contributed by atoms with van der Waals surface area (Å²) >= 11 is 0. The molecule has 2 aromatic rings. The number of rotatable bonds is 6. The Bertz CT molecular complexity index is 919. The van der Waals surface area contributed by atoms with Crippen LogP contribution in [-0.4, -0.2) is 31.1 Å². The lowest BCUT2D eigenvalue weighted by molar-refractivity contribution is -0.150. The van der Waals surface area contributed by atoms with Crippen LogP contribution in [-0.2, 0) is 14.3 Å². The summed E-state index contributed by atoms with van der Waals surface area (Å²) in [4.78, 5) is 35.3. The van der Waals surface area contributed by atoms with E-state index in [-0.39, 0.29) is 25.2 Å². The van der Waals surface area contributed by atoms with Gasteiger partial charge in [0.2, 0.25) is 0 Å². The highest BCUT2D eigenvalue weighted by atomic mass is 16.6. The number of esters is 1. The lowest BCUT2D eigenvalue weighted by Crippen LogP contribution is -2.43. The fraction of sp³-hybridized carbons (Fsp3) is 0.476. The van der Waals surface area contributed by atoms with Crippen molar-refractivity contribution in [2.24, 2.45) is 5.92 Å². The van der Waals surface area contributed by atoms with Crippen molar-refractivity contribution in [2.75, 3.05) is 13.2 Å². The van der Waals surface area contributed by atoms with Crippen LogP contribution in [0.3, 0.4) is 0 Å². The van der Waals surface area contributed by atoms with Gasteiger partial charge in [-0.25, -0.2) is 9.59 Å². The zero-order chi connectivity index (χ0) is 20.1. The highest BCUT2D eigenvalue weighted by Crippen LogP contribution is 2.24. The Morgan fingerprint density at radius 2 is 1.96 bits per heavy atom. The van der Waals surface area contributed by atoms with Gasteiger partial charge in [-0.15, -0.1) is 0 Å². The van der Waals surface area contributed by atoms with E-state index in [2.05, 4.69) is 12.2 Å². The van der Waals surface area contributed by atoms with Gasteiger partial charge in [-0.3, -0.25) is 4.79 Å². The average molecular weight is 387 g/mol. The molecule has 3 rings (SSSR count). The van der Waals surface area contributed by atoms with Gasteiger partial charge in [-0.1, -0.05) is 19.8 Å². The van der Waals surface area contributed by atoms with E-state index < -0.39 is 11.6 Å². The molecule has 0 aliphatic heterocycles. The molecule has 1 fully saturated rings. The van der Waals surface area contributed by atoms with Gasteiger partial charge in [0.15, 0.2) is 13.2 Å². The molecule has 1 amide bonds. The maximum Gasteiger partial charge on any atom is 0.344 e. The molecule has 1 aliphatic carbocycles. The topological polar surface area (TPSA) is 94.8 Å². The summed E-state index contributed by atoms with van der Waals surface area (Å²) in [7, 11) is 0. The Kier molecular flexibility index (Phi) is 6.34. The van der Waals surface area contributed by atoms with E-state index in [0.29, 0.717) is 17.3 Å². The van der Waals surface area contributed by atoms with Crippen molar-refractivity contribution >= 4 is 22.8 Å². The van der Waals surface area contributed by atoms with E-state index in [9.17, 15) is 14.4 Å². The number of aryl methyl sites for hydroxylation is 1. The number of hydrogen-bond donors (Lipinski definition) is 1. The van der Waals surface area contributed by atoms with E-state index in [4.69, 9.17) is 13.9 Å². The minimum absolute atomic E-state index is 0.145. The predicted molar refractivity (Wildman–Crippen MR) is 103 cm³/mol. The van der Waals surface area contributed by atoms with Crippen LogP contribution in [0.25, 0.3) is 11.0 Å². The molecule has 2 atom stereocenters. The molecule has 1 aliphatic rings. The van der Waals surface area contributed by atoms with Gasteiger partial charge < -0.3 is 19.2 Å². The molecule has 0 saturated heterocycles. The van der Waals surface area contributed by atoms with Crippen molar-refractivity contribution in [3.05, 3.63) is 40.2 Å². The van der Waals surface area contributed by atoms with Crippen molar-refractivity contribution in [3.63, 3.8) is 0 Å². The third-order valence-corrected chi connectivity index (χ3v) is 5.10. The summed E-state index contributed by atoms with van der Waals surface area (Å²) in [6, 6.07) is 6.55. The first-order valence-corrected chi connectivity index (χ1v) is 9.54. The standard InChI is InChI=1S/C21H25NO6/c1-13-5-3-4-6-17(13)22-19(23)11-27-21(25)12-26-15-7-8-16-14(2)9-20(24)28-18(16)10-15/h7-10,13,17H,3-6,11-12H2,1-2H3,(H,22,23)/t13-,17-/m0/s1. The Balaban J connectivity index is 1.47. The molecule has 1 saturated carbocycles. The van der Waals surface area contributed by atoms with Gasteiger partial charge in [-0.2, -0.15) is 0 Å². The van der Waals surface area contributed by atoms with Crippen LogP contribution >= 0.6 is 0 Å². The Morgan fingerprint density at radius 3 is 2.75 bits per heavy atom. The molecule has 1 N–H and O–H groups in total. The van der Waals surface area contributed by atoms with Crippen LogP contribution in [0.4, 0.5) is 0 Å². The minimum Gasteiger partial charge on any atom is -0.482 e. The van der Waals surface area contributed by atoms with Crippen LogP contribution < -0.4 is 15.7 Å². The molecular weight excluding hydrogens is 362 g/mol. The number of hydrogen-bond acceptors (Lipinski definition) is 6. The Morgan fingerprint density at radius 1 is 1.18 bits per heavy atom. The van der Waals surface area contributed by atoms with Gasteiger partial charge >= 0.3 is 11.6 Å². The zero-order valence-corrected chi connectivity index (χ0v) is 16.2. The molecule has 0 radical (unpaired) electrons. The number of benzene rings is 1. The summed E-state index contributed by atoms with van der Waals surface area (Å²) in [5, 5.41) is 3.72. The lowest BCUT2D eigenvalue weighted by atomic mass is 9.86. The molecule has 1 aromatic carbocycles. The first-order chi connectivity index (χ1) is 13.4.